The van der Waals surface area contributed by atoms with E-state index in [1.54, 1.807) is 27.6 Å². The topological polar surface area (TPSA) is 64.1 Å². The summed E-state index contributed by atoms with van der Waals surface area (Å²) in [6, 6.07) is 6.68. The first-order chi connectivity index (χ1) is 17.4. The number of nitrogens with one attached hydrogen (secondary N) is 1. The third kappa shape index (κ3) is 4.24. The molecule has 1 unspecified atom stereocenters. The second kappa shape index (κ2) is 9.49. The minimum Gasteiger partial charge on any atom is -0.336 e. The van der Waals surface area contributed by atoms with Gasteiger partial charge in [0.15, 0.2) is 0 Å². The van der Waals surface area contributed by atoms with Crippen LogP contribution in [0.25, 0.3) is 5.52 Å². The molecule has 3 aromatic rings. The predicted molar refractivity (Wildman–Crippen MR) is 138 cm³/mol. The number of aromatic amines is 1. The van der Waals surface area contributed by atoms with Gasteiger partial charge in [-0.1, -0.05) is 29.3 Å². The first-order valence-electron chi connectivity index (χ1n) is 12.5. The highest BCUT2D eigenvalue weighted by molar-refractivity contribution is 6.42. The van der Waals surface area contributed by atoms with Crippen molar-refractivity contribution in [1.82, 2.24) is 24.1 Å². The molecule has 2 bridgehead atoms. The van der Waals surface area contributed by atoms with E-state index in [1.165, 1.54) is 38.1 Å². The van der Waals surface area contributed by atoms with Gasteiger partial charge in [-0.15, -0.1) is 0 Å². The minimum atomic E-state index is -0.530. The van der Waals surface area contributed by atoms with Crippen LogP contribution >= 0.6 is 23.2 Å². The lowest BCUT2D eigenvalue weighted by Crippen LogP contribution is -2.61. The van der Waals surface area contributed by atoms with Crippen molar-refractivity contribution in [3.63, 3.8) is 0 Å². The van der Waals surface area contributed by atoms with E-state index in [0.29, 0.717) is 36.8 Å². The van der Waals surface area contributed by atoms with E-state index in [2.05, 4.69) is 14.8 Å². The Bertz CT molecular complexity index is 1370. The summed E-state index contributed by atoms with van der Waals surface area (Å²) in [5.74, 6) is -0.0525. The van der Waals surface area contributed by atoms with Crippen molar-refractivity contribution in [3.05, 3.63) is 73.6 Å². The van der Waals surface area contributed by atoms with E-state index in [9.17, 15) is 14.0 Å². The number of hydrogen-bond acceptors (Lipinski definition) is 4. The number of amides is 1. The number of piperazine rings is 1. The molecule has 190 valence electrons. The van der Waals surface area contributed by atoms with Gasteiger partial charge >= 0.3 is 0 Å². The maximum absolute atomic E-state index is 14.8. The van der Waals surface area contributed by atoms with E-state index in [4.69, 9.17) is 23.2 Å². The summed E-state index contributed by atoms with van der Waals surface area (Å²) in [6.45, 7) is 6.40. The highest BCUT2D eigenvalue weighted by Crippen LogP contribution is 2.32. The lowest BCUT2D eigenvalue weighted by Gasteiger charge is -2.51. The molecule has 0 saturated carbocycles. The van der Waals surface area contributed by atoms with Crippen LogP contribution in [0.2, 0.25) is 10.2 Å². The molecule has 2 aromatic heterocycles. The van der Waals surface area contributed by atoms with Crippen molar-refractivity contribution in [2.45, 2.75) is 25.3 Å². The number of halogens is 3. The van der Waals surface area contributed by atoms with Crippen LogP contribution in [0.1, 0.15) is 34.5 Å². The molecule has 1 atom stereocenters. The van der Waals surface area contributed by atoms with Crippen molar-refractivity contribution in [2.24, 2.45) is 5.92 Å². The molecule has 4 saturated heterocycles. The van der Waals surface area contributed by atoms with Gasteiger partial charge in [0.05, 0.1) is 10.6 Å². The zero-order chi connectivity index (χ0) is 25.0. The number of carbonyl (C=O) groups excluding carboxylic acids is 1. The molecule has 0 aliphatic carbocycles. The van der Waals surface area contributed by atoms with Gasteiger partial charge in [-0.05, 0) is 55.6 Å². The Labute approximate surface area is 218 Å². The second-order valence-corrected chi connectivity index (χ2v) is 10.9. The lowest BCUT2D eigenvalue weighted by molar-refractivity contribution is -0.0131. The van der Waals surface area contributed by atoms with E-state index in [0.717, 1.165) is 31.1 Å². The van der Waals surface area contributed by atoms with Crippen LogP contribution in [-0.2, 0) is 6.42 Å². The average molecular weight is 532 g/mol. The van der Waals surface area contributed by atoms with Gasteiger partial charge in [-0.2, -0.15) is 0 Å². The van der Waals surface area contributed by atoms with Crippen molar-refractivity contribution in [2.75, 3.05) is 45.8 Å². The fourth-order valence-corrected chi connectivity index (χ4v) is 6.59. The largest absolute Gasteiger partial charge is 0.336 e. The summed E-state index contributed by atoms with van der Waals surface area (Å²) in [7, 11) is 0. The quantitative estimate of drug-likeness (QED) is 0.559. The molecule has 6 heterocycles. The molecule has 36 heavy (non-hydrogen) atoms. The number of benzene rings is 1. The number of aromatic nitrogens is 2. The number of piperidine rings is 3. The van der Waals surface area contributed by atoms with E-state index < -0.39 is 5.82 Å². The van der Waals surface area contributed by atoms with E-state index >= 15 is 0 Å². The molecular formula is C26H28Cl2FN5O2. The SMILES string of the molecule is O=C(c1cc(Cc2c[nH]c(=O)c3cc(Cl)c(Cl)n23)ccc1F)N1CCN(C2CN3CCC2CC3)CC1. The van der Waals surface area contributed by atoms with Crippen molar-refractivity contribution in [3.8, 4) is 0 Å². The summed E-state index contributed by atoms with van der Waals surface area (Å²) in [4.78, 5) is 35.0. The lowest BCUT2D eigenvalue weighted by atomic mass is 9.83. The van der Waals surface area contributed by atoms with Gasteiger partial charge in [-0.3, -0.25) is 18.9 Å². The molecule has 4 aliphatic rings. The van der Waals surface area contributed by atoms with Crippen LogP contribution in [-0.4, -0.2) is 81.8 Å². The third-order valence-electron chi connectivity index (χ3n) is 8.13. The van der Waals surface area contributed by atoms with Gasteiger partial charge in [0.25, 0.3) is 11.5 Å². The second-order valence-electron chi connectivity index (χ2n) is 10.1. The maximum atomic E-state index is 14.8. The average Bonchev–Trinajstić information content (AvgIpc) is 3.22. The van der Waals surface area contributed by atoms with Gasteiger partial charge in [0.1, 0.15) is 16.5 Å². The standard InChI is InChI=1S/C26H28Cl2FN5O2/c27-20-13-22-25(35)30-14-18(34(22)24(20)28)11-16-1-2-21(29)19(12-16)26(36)33-9-7-32(8-10-33)23-15-31-5-3-17(23)4-6-31/h1-2,12-14,17,23H,3-11,15H2,(H,30,35). The normalized spacial score (nSPS) is 24.5. The molecule has 4 fully saturated rings. The molecule has 0 spiro atoms. The van der Waals surface area contributed by atoms with E-state index in [-0.39, 0.29) is 27.2 Å². The zero-order valence-electron chi connectivity index (χ0n) is 19.9. The summed E-state index contributed by atoms with van der Waals surface area (Å²) in [5, 5.41) is 0.522. The predicted octanol–water partition coefficient (Wildman–Crippen LogP) is 3.52. The Morgan fingerprint density at radius 3 is 2.50 bits per heavy atom. The van der Waals surface area contributed by atoms with Gasteiger partial charge in [0.2, 0.25) is 0 Å². The molecule has 1 aromatic carbocycles. The summed E-state index contributed by atoms with van der Waals surface area (Å²) in [6.07, 6.45) is 4.44. The summed E-state index contributed by atoms with van der Waals surface area (Å²) < 4.78 is 16.4. The molecule has 1 amide bonds. The maximum Gasteiger partial charge on any atom is 0.272 e. The van der Waals surface area contributed by atoms with Gasteiger partial charge in [0, 0.05) is 57.1 Å². The number of fused-ring (bicyclic) bond motifs is 4. The van der Waals surface area contributed by atoms with Crippen LogP contribution in [0.5, 0.6) is 0 Å². The monoisotopic (exact) mass is 531 g/mol. The van der Waals surface area contributed by atoms with Crippen molar-refractivity contribution < 1.29 is 9.18 Å². The fourth-order valence-electron chi connectivity index (χ4n) is 6.15. The summed E-state index contributed by atoms with van der Waals surface area (Å²) in [5.41, 5.74) is 1.51. The van der Waals surface area contributed by atoms with Crippen LogP contribution in [0.15, 0.2) is 35.3 Å². The first kappa shape index (κ1) is 24.0. The van der Waals surface area contributed by atoms with Gasteiger partial charge < -0.3 is 14.8 Å². The molecular weight excluding hydrogens is 504 g/mol. The Morgan fingerprint density at radius 2 is 1.81 bits per heavy atom. The number of carbonyl (C=O) groups is 1. The smallest absolute Gasteiger partial charge is 0.272 e. The zero-order valence-corrected chi connectivity index (χ0v) is 21.4. The highest BCUT2D eigenvalue weighted by atomic mass is 35.5. The van der Waals surface area contributed by atoms with Gasteiger partial charge in [-0.25, -0.2) is 4.39 Å². The minimum absolute atomic E-state index is 0.0705. The van der Waals surface area contributed by atoms with Crippen LogP contribution in [0.4, 0.5) is 4.39 Å². The molecule has 0 radical (unpaired) electrons. The van der Waals surface area contributed by atoms with Crippen LogP contribution in [0.3, 0.4) is 0 Å². The van der Waals surface area contributed by atoms with Crippen LogP contribution < -0.4 is 5.56 Å². The summed E-state index contributed by atoms with van der Waals surface area (Å²) >= 11 is 12.5. The highest BCUT2D eigenvalue weighted by Gasteiger charge is 2.38. The Kier molecular flexibility index (Phi) is 6.32. The third-order valence-corrected chi connectivity index (χ3v) is 8.88. The van der Waals surface area contributed by atoms with Crippen molar-refractivity contribution >= 4 is 34.6 Å². The number of H-pyrrole nitrogens is 1. The number of hydrogen-bond donors (Lipinski definition) is 1. The van der Waals surface area contributed by atoms with Crippen LogP contribution in [0, 0.1) is 11.7 Å². The van der Waals surface area contributed by atoms with E-state index in [1.807, 2.05) is 0 Å². The molecule has 4 aliphatic heterocycles. The molecule has 10 heteroatoms. The Hall–Kier alpha value is -2.39. The molecule has 7 rings (SSSR count). The number of nitrogens with zero attached hydrogens (tertiary/aromatic N) is 4. The van der Waals surface area contributed by atoms with Crippen molar-refractivity contribution in [1.29, 1.82) is 0 Å². The molecule has 1 N–H and O–H groups in total. The number of rotatable bonds is 4. The Balaban J connectivity index is 1.18. The fraction of sp³-hybridized carbons (Fsp3) is 0.462. The molecule has 7 nitrogen and oxygen atoms in total. The first-order valence-corrected chi connectivity index (χ1v) is 13.3. The Morgan fingerprint density at radius 1 is 1.06 bits per heavy atom.